The Bertz CT molecular complexity index is 597. The number of aliphatic imine (C=N–C) groups is 1. The van der Waals surface area contributed by atoms with Gasteiger partial charge in [0, 0.05) is 24.4 Å². The average Bonchev–Trinajstić information content (AvgIpc) is 2.82. The molecule has 0 N–H and O–H groups in total. The summed E-state index contributed by atoms with van der Waals surface area (Å²) in [6, 6.07) is 9.02. The maximum absolute atomic E-state index is 12.5. The predicted molar refractivity (Wildman–Crippen MR) is 89.7 cm³/mol. The van der Waals surface area contributed by atoms with Crippen molar-refractivity contribution in [1.29, 1.82) is 0 Å². The minimum Gasteiger partial charge on any atom is -0.348 e. The number of amidine groups is 1. The molecule has 116 valence electrons. The zero-order valence-corrected chi connectivity index (χ0v) is 14.3. The van der Waals surface area contributed by atoms with Crippen LogP contribution in [0.4, 0.5) is 0 Å². The van der Waals surface area contributed by atoms with E-state index in [1.165, 1.54) is 0 Å². The third-order valence-electron chi connectivity index (χ3n) is 3.34. The molecule has 1 saturated heterocycles. The second-order valence-corrected chi connectivity index (χ2v) is 8.64. The van der Waals surface area contributed by atoms with Gasteiger partial charge < -0.3 is 4.90 Å². The Balaban J connectivity index is 2.13. The third kappa shape index (κ3) is 4.01. The number of hydrogen-bond donors (Lipinski definition) is 0. The molecule has 0 saturated carbocycles. The molecule has 0 aromatic heterocycles. The van der Waals surface area contributed by atoms with E-state index in [1.54, 1.807) is 36.0 Å². The number of nitrogens with zero attached hydrogens (tertiary/aromatic N) is 2. The number of hydrogen-bond acceptors (Lipinski definition) is 4. The molecule has 2 rings (SSSR count). The Labute approximate surface area is 131 Å². The number of thioether (sulfide) groups is 1. The van der Waals surface area contributed by atoms with E-state index < -0.39 is 9.84 Å². The minimum absolute atomic E-state index is 0.0444. The van der Waals surface area contributed by atoms with Crippen molar-refractivity contribution in [1.82, 2.24) is 4.90 Å². The second-order valence-electron chi connectivity index (χ2n) is 5.34. The summed E-state index contributed by atoms with van der Waals surface area (Å²) in [7, 11) is -3.23. The molecule has 0 unspecified atom stereocenters. The SMILES string of the molecule is CCN=C1S[C@H](CS(=O)(=O)c2ccccc2)CN1C(C)C. The summed E-state index contributed by atoms with van der Waals surface area (Å²) in [6.45, 7) is 7.69. The number of benzene rings is 1. The summed E-state index contributed by atoms with van der Waals surface area (Å²) in [5.74, 6) is 0.160. The van der Waals surface area contributed by atoms with Gasteiger partial charge in [-0.3, -0.25) is 4.99 Å². The maximum atomic E-state index is 12.5. The van der Waals surface area contributed by atoms with Gasteiger partial charge in [-0.15, -0.1) is 0 Å². The fraction of sp³-hybridized carbons (Fsp3) is 0.533. The molecule has 0 bridgehead atoms. The predicted octanol–water partition coefficient (Wildman–Crippen LogP) is 2.66. The first-order chi connectivity index (χ1) is 9.94. The molecule has 0 radical (unpaired) electrons. The highest BCUT2D eigenvalue weighted by atomic mass is 32.2. The molecule has 1 heterocycles. The molecule has 0 spiro atoms. The van der Waals surface area contributed by atoms with Crippen LogP contribution in [0.5, 0.6) is 0 Å². The summed E-state index contributed by atoms with van der Waals surface area (Å²) >= 11 is 1.59. The molecule has 1 aromatic carbocycles. The number of rotatable bonds is 5. The van der Waals surface area contributed by atoms with Crippen LogP contribution in [-0.4, -0.2) is 48.6 Å². The van der Waals surface area contributed by atoms with Crippen LogP contribution in [0.1, 0.15) is 20.8 Å². The van der Waals surface area contributed by atoms with Gasteiger partial charge in [-0.05, 0) is 32.9 Å². The van der Waals surface area contributed by atoms with Crippen molar-refractivity contribution in [2.45, 2.75) is 37.0 Å². The summed E-state index contributed by atoms with van der Waals surface area (Å²) in [5, 5.41) is 1.02. The molecular weight excluding hydrogens is 304 g/mol. The normalized spacial score (nSPS) is 21.4. The van der Waals surface area contributed by atoms with Crippen LogP contribution in [0.2, 0.25) is 0 Å². The van der Waals surface area contributed by atoms with E-state index in [0.717, 1.165) is 18.3 Å². The van der Waals surface area contributed by atoms with Gasteiger partial charge in [0.05, 0.1) is 10.6 Å². The van der Waals surface area contributed by atoms with Crippen molar-refractivity contribution >= 4 is 26.8 Å². The first kappa shape index (κ1) is 16.4. The van der Waals surface area contributed by atoms with Gasteiger partial charge in [0.1, 0.15) is 0 Å². The molecule has 1 atom stereocenters. The first-order valence-electron chi connectivity index (χ1n) is 7.19. The van der Waals surface area contributed by atoms with E-state index >= 15 is 0 Å². The van der Waals surface area contributed by atoms with Crippen LogP contribution in [0, 0.1) is 0 Å². The molecule has 1 aromatic rings. The van der Waals surface area contributed by atoms with Gasteiger partial charge in [-0.1, -0.05) is 30.0 Å². The van der Waals surface area contributed by atoms with Crippen LogP contribution < -0.4 is 0 Å². The van der Waals surface area contributed by atoms with Crippen LogP contribution in [0.15, 0.2) is 40.2 Å². The highest BCUT2D eigenvalue weighted by Crippen LogP contribution is 2.30. The lowest BCUT2D eigenvalue weighted by Gasteiger charge is -2.22. The quantitative estimate of drug-likeness (QED) is 0.835. The van der Waals surface area contributed by atoms with Gasteiger partial charge in [-0.25, -0.2) is 8.42 Å². The maximum Gasteiger partial charge on any atom is 0.179 e. The monoisotopic (exact) mass is 326 g/mol. The van der Waals surface area contributed by atoms with Crippen molar-refractivity contribution in [2.24, 2.45) is 4.99 Å². The fourth-order valence-electron chi connectivity index (χ4n) is 2.30. The Morgan fingerprint density at radius 3 is 2.57 bits per heavy atom. The molecule has 0 aliphatic carbocycles. The highest BCUT2D eigenvalue weighted by Gasteiger charge is 2.33. The molecule has 0 amide bonds. The lowest BCUT2D eigenvalue weighted by atomic mass is 10.3. The smallest absolute Gasteiger partial charge is 0.179 e. The highest BCUT2D eigenvalue weighted by molar-refractivity contribution is 8.15. The lowest BCUT2D eigenvalue weighted by Crippen LogP contribution is -2.33. The van der Waals surface area contributed by atoms with Crippen molar-refractivity contribution in [2.75, 3.05) is 18.8 Å². The Hall–Kier alpha value is -1.01. The van der Waals surface area contributed by atoms with Crippen LogP contribution in [0.3, 0.4) is 0 Å². The number of sulfone groups is 1. The van der Waals surface area contributed by atoms with Crippen molar-refractivity contribution in [3.8, 4) is 0 Å². The van der Waals surface area contributed by atoms with Crippen molar-refractivity contribution in [3.05, 3.63) is 30.3 Å². The van der Waals surface area contributed by atoms with Crippen LogP contribution in [-0.2, 0) is 9.84 Å². The second kappa shape index (κ2) is 6.83. The van der Waals surface area contributed by atoms with E-state index in [4.69, 9.17) is 0 Å². The standard InChI is InChI=1S/C15H22N2O2S2/c1-4-16-15-17(12(2)3)10-13(20-15)11-21(18,19)14-8-6-5-7-9-14/h5-9,12-13H,4,10-11H2,1-3H3/t13-/m0/s1. The van der Waals surface area contributed by atoms with Crippen molar-refractivity contribution < 1.29 is 8.42 Å². The Kier molecular flexibility index (Phi) is 5.32. The molecule has 6 heteroatoms. The first-order valence-corrected chi connectivity index (χ1v) is 9.72. The summed E-state index contributed by atoms with van der Waals surface area (Å²) in [6.07, 6.45) is 0. The Morgan fingerprint density at radius 2 is 2.00 bits per heavy atom. The average molecular weight is 326 g/mol. The van der Waals surface area contributed by atoms with Gasteiger partial charge >= 0.3 is 0 Å². The molecule has 1 aliphatic heterocycles. The summed E-state index contributed by atoms with van der Waals surface area (Å²) in [4.78, 5) is 7.09. The van der Waals surface area contributed by atoms with Crippen LogP contribution in [0.25, 0.3) is 0 Å². The van der Waals surface area contributed by atoms with E-state index in [-0.39, 0.29) is 11.0 Å². The largest absolute Gasteiger partial charge is 0.348 e. The van der Waals surface area contributed by atoms with Gasteiger partial charge in [0.25, 0.3) is 0 Å². The minimum atomic E-state index is -3.23. The van der Waals surface area contributed by atoms with Crippen molar-refractivity contribution in [3.63, 3.8) is 0 Å². The third-order valence-corrected chi connectivity index (χ3v) is 6.61. The van der Waals surface area contributed by atoms with E-state index in [0.29, 0.717) is 10.9 Å². The van der Waals surface area contributed by atoms with Gasteiger partial charge in [0.15, 0.2) is 15.0 Å². The lowest BCUT2D eigenvalue weighted by molar-refractivity contribution is 0.369. The Morgan fingerprint density at radius 1 is 1.33 bits per heavy atom. The molecule has 21 heavy (non-hydrogen) atoms. The molecule has 1 fully saturated rings. The van der Waals surface area contributed by atoms with Crippen LogP contribution >= 0.6 is 11.8 Å². The zero-order chi connectivity index (χ0) is 15.5. The van der Waals surface area contributed by atoms with Gasteiger partial charge in [0.2, 0.25) is 0 Å². The fourth-order valence-corrected chi connectivity index (χ4v) is 5.63. The van der Waals surface area contributed by atoms with E-state index in [2.05, 4.69) is 23.7 Å². The molecule has 4 nitrogen and oxygen atoms in total. The zero-order valence-electron chi connectivity index (χ0n) is 12.7. The molecular formula is C15H22N2O2S2. The van der Waals surface area contributed by atoms with Gasteiger partial charge in [-0.2, -0.15) is 0 Å². The molecule has 1 aliphatic rings. The van der Waals surface area contributed by atoms with E-state index in [1.807, 2.05) is 13.0 Å². The summed E-state index contributed by atoms with van der Waals surface area (Å²) in [5.41, 5.74) is 0. The summed E-state index contributed by atoms with van der Waals surface area (Å²) < 4.78 is 24.9. The topological polar surface area (TPSA) is 49.7 Å². The van der Waals surface area contributed by atoms with E-state index in [9.17, 15) is 8.42 Å².